The van der Waals surface area contributed by atoms with Crippen molar-refractivity contribution >= 4 is 27.8 Å². The van der Waals surface area contributed by atoms with Gasteiger partial charge in [-0.15, -0.1) is 10.2 Å². The second-order valence-electron chi connectivity index (χ2n) is 6.03. The van der Waals surface area contributed by atoms with E-state index in [2.05, 4.69) is 58.1 Å². The van der Waals surface area contributed by atoms with Crippen LogP contribution < -0.4 is 15.0 Å². The van der Waals surface area contributed by atoms with E-state index in [9.17, 15) is 0 Å². The molecule has 146 valence electrons. The number of guanidine groups is 1. The van der Waals surface area contributed by atoms with Crippen molar-refractivity contribution in [3.05, 3.63) is 22.8 Å². The maximum Gasteiger partial charge on any atom is 0.232 e. The molecule has 1 aliphatic rings. The Morgan fingerprint density at radius 3 is 2.74 bits per heavy atom. The fraction of sp³-hybridized carbons (Fsp3) is 0.562. The van der Waals surface area contributed by atoms with Crippen molar-refractivity contribution in [3.8, 4) is 5.88 Å². The molecule has 0 radical (unpaired) electrons. The fourth-order valence-electron chi connectivity index (χ4n) is 2.78. The van der Waals surface area contributed by atoms with E-state index >= 15 is 0 Å². The Balaban J connectivity index is 1.64. The first-order chi connectivity index (χ1) is 13.1. The average Bonchev–Trinajstić information content (AvgIpc) is 3.10. The summed E-state index contributed by atoms with van der Waals surface area (Å²) in [6.45, 7) is 6.63. The van der Waals surface area contributed by atoms with Crippen molar-refractivity contribution in [2.24, 2.45) is 12.0 Å². The van der Waals surface area contributed by atoms with Crippen molar-refractivity contribution in [2.75, 3.05) is 44.7 Å². The number of hydrogen-bond acceptors (Lipinski definition) is 7. The molecule has 1 fully saturated rings. The summed E-state index contributed by atoms with van der Waals surface area (Å²) in [5, 5.41) is 11.3. The maximum atomic E-state index is 5.27. The molecule has 2 aromatic rings. The van der Waals surface area contributed by atoms with E-state index in [0.29, 0.717) is 18.4 Å². The second kappa shape index (κ2) is 8.98. The molecule has 0 spiro atoms. The minimum absolute atomic E-state index is 0.492. The van der Waals surface area contributed by atoms with Gasteiger partial charge >= 0.3 is 0 Å². The zero-order valence-corrected chi connectivity index (χ0v) is 17.3. The van der Waals surface area contributed by atoms with Crippen LogP contribution >= 0.6 is 15.9 Å². The van der Waals surface area contributed by atoms with Crippen LogP contribution in [0.1, 0.15) is 12.7 Å². The standard InChI is InChI=1S/C16H24BrN9O/c1-4-18-15(20-10-13-23-21-11-24(13)2)25-5-7-26(8-6-25)16-19-9-12(17)14(22-16)27-3/h9,11H,4-8,10H2,1-3H3,(H,18,20). The third-order valence-electron chi connectivity index (χ3n) is 4.26. The lowest BCUT2D eigenvalue weighted by Crippen LogP contribution is -2.53. The van der Waals surface area contributed by atoms with Crippen molar-refractivity contribution < 1.29 is 4.74 Å². The number of piperazine rings is 1. The highest BCUT2D eigenvalue weighted by Crippen LogP contribution is 2.23. The number of hydrogen-bond donors (Lipinski definition) is 1. The number of aliphatic imine (C=N–C) groups is 1. The van der Waals surface area contributed by atoms with Crippen molar-refractivity contribution in [2.45, 2.75) is 13.5 Å². The molecule has 1 saturated heterocycles. The SMILES string of the molecule is CCNC(=NCc1nncn1C)N1CCN(c2ncc(Br)c(OC)n2)CC1. The second-order valence-corrected chi connectivity index (χ2v) is 6.88. The van der Waals surface area contributed by atoms with E-state index in [4.69, 9.17) is 9.73 Å². The summed E-state index contributed by atoms with van der Waals surface area (Å²) in [6.07, 6.45) is 3.41. The summed E-state index contributed by atoms with van der Waals surface area (Å²) in [7, 11) is 3.52. The normalized spacial score (nSPS) is 15.2. The van der Waals surface area contributed by atoms with Gasteiger partial charge in [-0.1, -0.05) is 0 Å². The van der Waals surface area contributed by atoms with Crippen LogP contribution in [0.15, 0.2) is 22.0 Å². The van der Waals surface area contributed by atoms with Crippen molar-refractivity contribution in [1.82, 2.24) is 34.9 Å². The number of aryl methyl sites for hydroxylation is 1. The van der Waals surface area contributed by atoms with Crippen LogP contribution in [0.2, 0.25) is 0 Å². The average molecular weight is 438 g/mol. The largest absolute Gasteiger partial charge is 0.480 e. The zero-order chi connectivity index (χ0) is 19.2. The molecule has 0 atom stereocenters. The molecule has 2 aromatic heterocycles. The van der Waals surface area contributed by atoms with Crippen molar-refractivity contribution in [3.63, 3.8) is 0 Å². The highest BCUT2D eigenvalue weighted by Gasteiger charge is 2.22. The molecule has 3 rings (SSSR count). The first kappa shape index (κ1) is 19.3. The summed E-state index contributed by atoms with van der Waals surface area (Å²) >= 11 is 3.39. The number of halogens is 1. The third kappa shape index (κ3) is 4.65. The van der Waals surface area contributed by atoms with Crippen LogP contribution in [0.5, 0.6) is 5.88 Å². The lowest BCUT2D eigenvalue weighted by Gasteiger charge is -2.36. The Hall–Kier alpha value is -2.43. The summed E-state index contributed by atoms with van der Waals surface area (Å²) in [4.78, 5) is 18.0. The number of aromatic nitrogens is 5. The van der Waals surface area contributed by atoms with E-state index in [0.717, 1.165) is 49.0 Å². The van der Waals surface area contributed by atoms with Crippen LogP contribution in [0.3, 0.4) is 0 Å². The lowest BCUT2D eigenvalue weighted by atomic mass is 10.3. The summed E-state index contributed by atoms with van der Waals surface area (Å²) in [6, 6.07) is 0. The molecule has 3 heterocycles. The Morgan fingerprint density at radius 2 is 2.11 bits per heavy atom. The van der Waals surface area contributed by atoms with E-state index in [1.165, 1.54) is 0 Å². The monoisotopic (exact) mass is 437 g/mol. The van der Waals surface area contributed by atoms with E-state index in [1.54, 1.807) is 19.6 Å². The number of methoxy groups -OCH3 is 1. The smallest absolute Gasteiger partial charge is 0.232 e. The topological polar surface area (TPSA) is 96.6 Å². The Bertz CT molecular complexity index is 786. The molecule has 1 aliphatic heterocycles. The number of nitrogens with one attached hydrogen (secondary N) is 1. The third-order valence-corrected chi connectivity index (χ3v) is 4.81. The van der Waals surface area contributed by atoms with E-state index in [-0.39, 0.29) is 0 Å². The van der Waals surface area contributed by atoms with Crippen LogP contribution in [0.25, 0.3) is 0 Å². The molecule has 0 bridgehead atoms. The summed E-state index contributed by atoms with van der Waals surface area (Å²) < 4.78 is 7.89. The zero-order valence-electron chi connectivity index (χ0n) is 15.8. The number of ether oxygens (including phenoxy) is 1. The van der Waals surface area contributed by atoms with Gasteiger partial charge in [-0.3, -0.25) is 0 Å². The molecule has 10 nitrogen and oxygen atoms in total. The molecular weight excluding hydrogens is 414 g/mol. The molecule has 1 N–H and O–H groups in total. The van der Waals surface area contributed by atoms with E-state index in [1.807, 2.05) is 11.6 Å². The number of anilines is 1. The van der Waals surface area contributed by atoms with Gasteiger partial charge in [-0.05, 0) is 22.9 Å². The minimum atomic E-state index is 0.492. The Labute approximate surface area is 166 Å². The van der Waals surface area contributed by atoms with Gasteiger partial charge in [0.2, 0.25) is 11.8 Å². The number of rotatable bonds is 5. The van der Waals surface area contributed by atoms with E-state index < -0.39 is 0 Å². The van der Waals surface area contributed by atoms with Crippen LogP contribution in [0, 0.1) is 0 Å². The van der Waals surface area contributed by atoms with Gasteiger partial charge in [0.15, 0.2) is 11.8 Å². The molecule has 0 aliphatic carbocycles. The van der Waals surface area contributed by atoms with Gasteiger partial charge in [0.25, 0.3) is 0 Å². The van der Waals surface area contributed by atoms with Crippen LogP contribution in [0.4, 0.5) is 5.95 Å². The predicted molar refractivity (Wildman–Crippen MR) is 106 cm³/mol. The fourth-order valence-corrected chi connectivity index (χ4v) is 3.13. The minimum Gasteiger partial charge on any atom is -0.480 e. The maximum absolute atomic E-state index is 5.27. The lowest BCUT2D eigenvalue weighted by molar-refractivity contribution is 0.366. The molecule has 0 amide bonds. The molecule has 0 saturated carbocycles. The Kier molecular flexibility index (Phi) is 6.43. The highest BCUT2D eigenvalue weighted by atomic mass is 79.9. The first-order valence-electron chi connectivity index (χ1n) is 8.80. The van der Waals surface area contributed by atoms with Gasteiger partial charge in [0.05, 0.1) is 17.8 Å². The van der Waals surface area contributed by atoms with Gasteiger partial charge in [-0.25, -0.2) is 9.98 Å². The van der Waals surface area contributed by atoms with Gasteiger partial charge in [0, 0.05) is 39.8 Å². The first-order valence-corrected chi connectivity index (χ1v) is 9.59. The van der Waals surface area contributed by atoms with Gasteiger partial charge < -0.3 is 24.4 Å². The predicted octanol–water partition coefficient (Wildman–Crippen LogP) is 0.664. The number of nitrogens with zero attached hydrogens (tertiary/aromatic N) is 8. The molecular formula is C16H24BrN9O. The van der Waals surface area contributed by atoms with Crippen LogP contribution in [-0.4, -0.2) is 75.4 Å². The van der Waals surface area contributed by atoms with Gasteiger partial charge in [0.1, 0.15) is 12.9 Å². The summed E-state index contributed by atoms with van der Waals surface area (Å²) in [5.41, 5.74) is 0. The Morgan fingerprint density at radius 1 is 1.33 bits per heavy atom. The van der Waals surface area contributed by atoms with Gasteiger partial charge in [-0.2, -0.15) is 4.98 Å². The molecule has 0 aromatic carbocycles. The highest BCUT2D eigenvalue weighted by molar-refractivity contribution is 9.10. The summed E-state index contributed by atoms with van der Waals surface area (Å²) in [5.74, 6) is 2.94. The van der Waals surface area contributed by atoms with Crippen molar-refractivity contribution in [1.29, 1.82) is 0 Å². The quantitative estimate of drug-likeness (QED) is 0.538. The van der Waals surface area contributed by atoms with Crippen LogP contribution in [-0.2, 0) is 13.6 Å². The molecule has 27 heavy (non-hydrogen) atoms. The molecule has 11 heteroatoms. The molecule has 0 unspecified atom stereocenters.